The van der Waals surface area contributed by atoms with Crippen molar-refractivity contribution in [2.45, 2.75) is 78.3 Å². The predicted octanol–water partition coefficient (Wildman–Crippen LogP) is 3.44. The molecule has 0 aromatic carbocycles. The van der Waals surface area contributed by atoms with Gasteiger partial charge in [0.1, 0.15) is 0 Å². The van der Waals surface area contributed by atoms with Crippen LogP contribution in [0.25, 0.3) is 0 Å². The van der Waals surface area contributed by atoms with Gasteiger partial charge in [-0.2, -0.15) is 0 Å². The highest BCUT2D eigenvalue weighted by atomic mass is 16.2. The van der Waals surface area contributed by atoms with Crippen LogP contribution in [-0.4, -0.2) is 36.0 Å². The predicted molar refractivity (Wildman–Crippen MR) is 88.2 cm³/mol. The van der Waals surface area contributed by atoms with Crippen LogP contribution in [0.5, 0.6) is 0 Å². The molecular weight excluding hydrogens is 260 g/mol. The first-order chi connectivity index (χ1) is 10.0. The van der Waals surface area contributed by atoms with E-state index in [0.29, 0.717) is 35.7 Å². The van der Waals surface area contributed by atoms with Gasteiger partial charge in [0, 0.05) is 18.5 Å². The molecule has 0 bridgehead atoms. The quantitative estimate of drug-likeness (QED) is 0.780. The van der Waals surface area contributed by atoms with Crippen LogP contribution >= 0.6 is 0 Å². The molecule has 122 valence electrons. The van der Waals surface area contributed by atoms with Gasteiger partial charge >= 0.3 is 0 Å². The van der Waals surface area contributed by atoms with Crippen LogP contribution in [0.3, 0.4) is 0 Å². The molecule has 21 heavy (non-hydrogen) atoms. The fourth-order valence-electron chi connectivity index (χ4n) is 3.64. The highest BCUT2D eigenvalue weighted by molar-refractivity contribution is 5.77. The molecule has 1 saturated carbocycles. The number of amides is 1. The standard InChI is InChI=1S/C18H34N2O/c1-5-13(2)15(4)20(17-8-9-17)18(21)11-14(3)16-7-6-10-19-12-16/h13-17,19H,5-12H2,1-4H3. The third kappa shape index (κ3) is 4.45. The van der Waals surface area contributed by atoms with Gasteiger partial charge in [-0.3, -0.25) is 4.79 Å². The van der Waals surface area contributed by atoms with Crippen LogP contribution in [0, 0.1) is 17.8 Å². The number of piperidine rings is 1. The Morgan fingerprint density at radius 1 is 1.24 bits per heavy atom. The highest BCUT2D eigenvalue weighted by Gasteiger charge is 2.37. The average Bonchev–Trinajstić information content (AvgIpc) is 3.32. The topological polar surface area (TPSA) is 32.3 Å². The number of carbonyl (C=O) groups is 1. The minimum absolute atomic E-state index is 0.395. The lowest BCUT2D eigenvalue weighted by Gasteiger charge is -2.35. The van der Waals surface area contributed by atoms with E-state index < -0.39 is 0 Å². The lowest BCUT2D eigenvalue weighted by atomic mass is 9.85. The Morgan fingerprint density at radius 2 is 1.95 bits per heavy atom. The summed E-state index contributed by atoms with van der Waals surface area (Å²) in [6, 6.07) is 0.935. The molecule has 2 rings (SSSR count). The summed E-state index contributed by atoms with van der Waals surface area (Å²) in [7, 11) is 0. The van der Waals surface area contributed by atoms with Crippen molar-refractivity contribution in [1.82, 2.24) is 10.2 Å². The Balaban J connectivity index is 1.91. The van der Waals surface area contributed by atoms with Crippen molar-refractivity contribution in [3.63, 3.8) is 0 Å². The average molecular weight is 294 g/mol. The van der Waals surface area contributed by atoms with Gasteiger partial charge in [-0.1, -0.05) is 27.2 Å². The fourth-order valence-corrected chi connectivity index (χ4v) is 3.64. The van der Waals surface area contributed by atoms with Gasteiger partial charge in [0.25, 0.3) is 0 Å². The summed E-state index contributed by atoms with van der Waals surface area (Å²) in [5, 5.41) is 3.48. The first kappa shape index (κ1) is 16.8. The van der Waals surface area contributed by atoms with Gasteiger partial charge in [0.05, 0.1) is 0 Å². The first-order valence-corrected chi connectivity index (χ1v) is 9.06. The molecule has 4 unspecified atom stereocenters. The molecule has 1 heterocycles. The summed E-state index contributed by atoms with van der Waals surface area (Å²) < 4.78 is 0. The van der Waals surface area contributed by atoms with Crippen LogP contribution in [0.4, 0.5) is 0 Å². The van der Waals surface area contributed by atoms with Crippen molar-refractivity contribution in [1.29, 1.82) is 0 Å². The number of hydrogen-bond acceptors (Lipinski definition) is 2. The Kier molecular flexibility index (Phi) is 6.09. The van der Waals surface area contributed by atoms with Gasteiger partial charge in [-0.05, 0) is 63.5 Å². The highest BCUT2D eigenvalue weighted by Crippen LogP contribution is 2.33. The zero-order valence-corrected chi connectivity index (χ0v) is 14.4. The zero-order valence-electron chi connectivity index (χ0n) is 14.4. The molecule has 1 aliphatic carbocycles. The molecule has 3 heteroatoms. The van der Waals surface area contributed by atoms with Crippen LogP contribution < -0.4 is 5.32 Å². The molecule has 1 saturated heterocycles. The Bertz CT molecular complexity index is 334. The van der Waals surface area contributed by atoms with E-state index in [1.165, 1.54) is 25.7 Å². The number of rotatable bonds is 7. The van der Waals surface area contributed by atoms with E-state index in [-0.39, 0.29) is 0 Å². The maximum atomic E-state index is 12.8. The van der Waals surface area contributed by atoms with Crippen LogP contribution in [0.2, 0.25) is 0 Å². The number of nitrogens with zero attached hydrogens (tertiary/aromatic N) is 1. The first-order valence-electron chi connectivity index (χ1n) is 9.06. The van der Waals surface area contributed by atoms with E-state index in [1.807, 2.05) is 0 Å². The van der Waals surface area contributed by atoms with Crippen molar-refractivity contribution in [2.75, 3.05) is 13.1 Å². The molecule has 0 spiro atoms. The third-order valence-corrected chi connectivity index (χ3v) is 5.77. The molecule has 1 N–H and O–H groups in total. The fraction of sp³-hybridized carbons (Fsp3) is 0.944. The summed E-state index contributed by atoms with van der Waals surface area (Å²) in [5.41, 5.74) is 0. The Labute approximate surface area is 130 Å². The summed E-state index contributed by atoms with van der Waals surface area (Å²) in [4.78, 5) is 15.1. The SMILES string of the molecule is CCC(C)C(C)N(C(=O)CC(C)C1CCCNC1)C1CC1. The second kappa shape index (κ2) is 7.62. The Hall–Kier alpha value is -0.570. The van der Waals surface area contributed by atoms with Crippen molar-refractivity contribution in [3.8, 4) is 0 Å². The lowest BCUT2D eigenvalue weighted by molar-refractivity contribution is -0.136. The van der Waals surface area contributed by atoms with Gasteiger partial charge in [0.15, 0.2) is 0 Å². The monoisotopic (exact) mass is 294 g/mol. The number of nitrogens with one attached hydrogen (secondary N) is 1. The maximum absolute atomic E-state index is 12.8. The van der Waals surface area contributed by atoms with E-state index in [2.05, 4.69) is 37.9 Å². The molecule has 2 aliphatic rings. The third-order valence-electron chi connectivity index (χ3n) is 5.77. The minimum Gasteiger partial charge on any atom is -0.337 e. The molecule has 3 nitrogen and oxygen atoms in total. The van der Waals surface area contributed by atoms with Crippen molar-refractivity contribution < 1.29 is 4.79 Å². The van der Waals surface area contributed by atoms with Gasteiger partial charge in [0.2, 0.25) is 5.91 Å². The summed E-state index contributed by atoms with van der Waals surface area (Å²) in [5.74, 6) is 2.20. The maximum Gasteiger partial charge on any atom is 0.223 e. The van der Waals surface area contributed by atoms with E-state index in [9.17, 15) is 4.79 Å². The van der Waals surface area contributed by atoms with Gasteiger partial charge < -0.3 is 10.2 Å². The lowest BCUT2D eigenvalue weighted by Crippen LogP contribution is -2.45. The summed E-state index contributed by atoms with van der Waals surface area (Å²) in [6.45, 7) is 11.3. The van der Waals surface area contributed by atoms with Crippen LogP contribution in [0.1, 0.15) is 66.2 Å². The van der Waals surface area contributed by atoms with Gasteiger partial charge in [-0.15, -0.1) is 0 Å². The van der Waals surface area contributed by atoms with Crippen molar-refractivity contribution in [3.05, 3.63) is 0 Å². The minimum atomic E-state index is 0.395. The zero-order chi connectivity index (χ0) is 15.4. The second-order valence-electron chi connectivity index (χ2n) is 7.45. The van der Waals surface area contributed by atoms with Crippen LogP contribution in [-0.2, 0) is 4.79 Å². The van der Waals surface area contributed by atoms with E-state index in [0.717, 1.165) is 25.9 Å². The molecular formula is C18H34N2O. The normalized spacial score (nSPS) is 27.0. The second-order valence-corrected chi connectivity index (χ2v) is 7.45. The molecule has 0 aromatic heterocycles. The van der Waals surface area contributed by atoms with E-state index in [1.54, 1.807) is 0 Å². The van der Waals surface area contributed by atoms with Gasteiger partial charge in [-0.25, -0.2) is 0 Å². The molecule has 0 aromatic rings. The summed E-state index contributed by atoms with van der Waals surface area (Å²) in [6.07, 6.45) is 6.87. The molecule has 4 atom stereocenters. The van der Waals surface area contributed by atoms with E-state index in [4.69, 9.17) is 0 Å². The van der Waals surface area contributed by atoms with E-state index >= 15 is 0 Å². The summed E-state index contributed by atoms with van der Waals surface area (Å²) >= 11 is 0. The molecule has 2 fully saturated rings. The molecule has 1 amide bonds. The molecule has 1 aliphatic heterocycles. The molecule has 0 radical (unpaired) electrons. The smallest absolute Gasteiger partial charge is 0.223 e. The van der Waals surface area contributed by atoms with Crippen molar-refractivity contribution in [2.24, 2.45) is 17.8 Å². The Morgan fingerprint density at radius 3 is 2.48 bits per heavy atom. The van der Waals surface area contributed by atoms with Crippen molar-refractivity contribution >= 4 is 5.91 Å². The largest absolute Gasteiger partial charge is 0.337 e. The van der Waals surface area contributed by atoms with Crippen LogP contribution in [0.15, 0.2) is 0 Å². The number of hydrogen-bond donors (Lipinski definition) is 1. The number of carbonyl (C=O) groups excluding carboxylic acids is 1.